The molecule has 1 amide bonds. The first kappa shape index (κ1) is 24.7. The van der Waals surface area contributed by atoms with Gasteiger partial charge in [-0.25, -0.2) is 4.99 Å². The molecule has 0 N–H and O–H groups in total. The Balaban J connectivity index is 1.30. The second kappa shape index (κ2) is 9.61. The second-order valence-corrected chi connectivity index (χ2v) is 11.2. The predicted molar refractivity (Wildman–Crippen MR) is 148 cm³/mol. The Morgan fingerprint density at radius 1 is 1.13 bits per heavy atom. The quantitative estimate of drug-likeness (QED) is 0.322. The first-order valence-electron chi connectivity index (χ1n) is 11.9. The van der Waals surface area contributed by atoms with Crippen molar-refractivity contribution in [3.05, 3.63) is 84.8 Å². The number of rotatable bonds is 5. The van der Waals surface area contributed by atoms with Gasteiger partial charge in [0.05, 0.1) is 16.6 Å². The number of benzene rings is 1. The average Bonchev–Trinajstić information content (AvgIpc) is 3.69. The number of amides is 1. The molecule has 4 aromatic rings. The number of pyridine rings is 1. The van der Waals surface area contributed by atoms with Crippen LogP contribution in [0.4, 0.5) is 0 Å². The van der Waals surface area contributed by atoms with Gasteiger partial charge in [0.15, 0.2) is 0 Å². The van der Waals surface area contributed by atoms with E-state index in [0.717, 1.165) is 51.5 Å². The number of carbonyl (C=O) groups excluding carboxylic acids is 1. The molecule has 1 aromatic carbocycles. The fourth-order valence-corrected chi connectivity index (χ4v) is 6.56. The van der Waals surface area contributed by atoms with Crippen LogP contribution in [0.3, 0.4) is 0 Å². The maximum atomic E-state index is 13.5. The van der Waals surface area contributed by atoms with Gasteiger partial charge in [0.2, 0.25) is 0 Å². The van der Waals surface area contributed by atoms with Crippen LogP contribution in [0.15, 0.2) is 63.7 Å². The number of carbonyl (C=O) groups is 1. The van der Waals surface area contributed by atoms with Gasteiger partial charge in [-0.05, 0) is 65.2 Å². The average molecular weight is 566 g/mol. The molecule has 0 saturated carbocycles. The van der Waals surface area contributed by atoms with Gasteiger partial charge in [-0.3, -0.25) is 9.59 Å². The number of nitrogens with zero attached hydrogens (tertiary/aromatic N) is 7. The molecule has 2 aliphatic rings. The molecule has 0 radical (unpaired) electrons. The highest BCUT2D eigenvalue weighted by Gasteiger charge is 2.32. The van der Waals surface area contributed by atoms with E-state index < -0.39 is 0 Å². The number of tetrazole rings is 1. The zero-order valence-electron chi connectivity index (χ0n) is 20.4. The SMILES string of the molecule is CN(C)C(=O)c1ccc(C2=C(Cl)N=C([C@@H]3CCc4cc(-c5cc(Cl)ccc5-n5cnnn5)cc(=O)n43)C2)s1. The number of aliphatic imine (C=N–C) groups is 1. The fourth-order valence-electron chi connectivity index (χ4n) is 4.98. The predicted octanol–water partition coefficient (Wildman–Crippen LogP) is 4.85. The Kier molecular flexibility index (Phi) is 6.25. The van der Waals surface area contributed by atoms with Crippen molar-refractivity contribution in [3.63, 3.8) is 0 Å². The summed E-state index contributed by atoms with van der Waals surface area (Å²) in [5.74, 6) is -0.0490. The van der Waals surface area contributed by atoms with Crippen molar-refractivity contribution in [2.24, 2.45) is 4.99 Å². The Morgan fingerprint density at radius 3 is 2.74 bits per heavy atom. The van der Waals surface area contributed by atoms with E-state index in [1.165, 1.54) is 17.7 Å². The van der Waals surface area contributed by atoms with Crippen LogP contribution in [0.5, 0.6) is 0 Å². The number of fused-ring (bicyclic) bond motifs is 1. The maximum absolute atomic E-state index is 13.5. The van der Waals surface area contributed by atoms with Crippen LogP contribution in [0, 0.1) is 0 Å². The minimum absolute atomic E-state index is 0.0490. The van der Waals surface area contributed by atoms with E-state index in [1.54, 1.807) is 35.8 Å². The zero-order valence-corrected chi connectivity index (χ0v) is 22.8. The summed E-state index contributed by atoms with van der Waals surface area (Å²) in [7, 11) is 3.45. The number of hydrogen-bond acceptors (Lipinski definition) is 7. The van der Waals surface area contributed by atoms with Gasteiger partial charge in [0.1, 0.15) is 11.5 Å². The van der Waals surface area contributed by atoms with E-state index in [2.05, 4.69) is 20.5 Å². The fraction of sp³-hybridized carbons (Fsp3) is 0.231. The Hall–Kier alpha value is -3.60. The highest BCUT2D eigenvalue weighted by molar-refractivity contribution is 7.15. The minimum Gasteiger partial charge on any atom is -0.344 e. The number of allylic oxidation sites excluding steroid dienone is 1. The Labute approximate surface area is 231 Å². The van der Waals surface area contributed by atoms with Crippen molar-refractivity contribution in [3.8, 4) is 16.8 Å². The molecule has 3 aromatic heterocycles. The molecule has 0 saturated heterocycles. The van der Waals surface area contributed by atoms with E-state index in [-0.39, 0.29) is 17.5 Å². The summed E-state index contributed by atoms with van der Waals surface area (Å²) in [5.41, 5.74) is 4.77. The molecular formula is C26H21Cl2N7O2S. The summed E-state index contributed by atoms with van der Waals surface area (Å²) in [6, 6.07) is 12.6. The van der Waals surface area contributed by atoms with Crippen LogP contribution < -0.4 is 5.56 Å². The number of aryl methyl sites for hydroxylation is 1. The largest absolute Gasteiger partial charge is 0.344 e. The molecular weight excluding hydrogens is 545 g/mol. The summed E-state index contributed by atoms with van der Waals surface area (Å²) >= 11 is 14.3. The highest BCUT2D eigenvalue weighted by atomic mass is 35.5. The molecule has 2 aliphatic heterocycles. The van der Waals surface area contributed by atoms with Crippen LogP contribution in [-0.2, 0) is 6.42 Å². The van der Waals surface area contributed by atoms with E-state index in [4.69, 9.17) is 23.2 Å². The molecule has 5 heterocycles. The minimum atomic E-state index is -0.181. The summed E-state index contributed by atoms with van der Waals surface area (Å²) in [5, 5.41) is 12.4. The number of halogens is 2. The molecule has 0 spiro atoms. The van der Waals surface area contributed by atoms with Gasteiger partial charge in [-0.2, -0.15) is 4.68 Å². The van der Waals surface area contributed by atoms with Crippen molar-refractivity contribution < 1.29 is 4.79 Å². The maximum Gasteiger partial charge on any atom is 0.263 e. The summed E-state index contributed by atoms with van der Waals surface area (Å²) in [4.78, 5) is 33.6. The van der Waals surface area contributed by atoms with Crippen molar-refractivity contribution in [1.82, 2.24) is 29.7 Å². The number of thiophene rings is 1. The first-order valence-corrected chi connectivity index (χ1v) is 13.4. The molecule has 1 atom stereocenters. The normalized spacial score (nSPS) is 16.6. The lowest BCUT2D eigenvalue weighted by molar-refractivity contribution is 0.0832. The summed E-state index contributed by atoms with van der Waals surface area (Å²) < 4.78 is 3.36. The molecule has 0 aliphatic carbocycles. The monoisotopic (exact) mass is 565 g/mol. The van der Waals surface area contributed by atoms with Crippen LogP contribution in [0.25, 0.3) is 22.4 Å². The van der Waals surface area contributed by atoms with Crippen LogP contribution in [-0.4, -0.2) is 55.4 Å². The lowest BCUT2D eigenvalue weighted by Gasteiger charge is -2.16. The van der Waals surface area contributed by atoms with Gasteiger partial charge >= 0.3 is 0 Å². The molecule has 192 valence electrons. The van der Waals surface area contributed by atoms with Gasteiger partial charge in [0.25, 0.3) is 11.5 Å². The second-order valence-electron chi connectivity index (χ2n) is 9.33. The van der Waals surface area contributed by atoms with Crippen molar-refractivity contribution >= 4 is 51.7 Å². The topological polar surface area (TPSA) is 98.3 Å². The van der Waals surface area contributed by atoms with Gasteiger partial charge in [0, 0.05) is 59.0 Å². The van der Waals surface area contributed by atoms with Crippen molar-refractivity contribution in [2.75, 3.05) is 14.1 Å². The molecule has 6 rings (SSSR count). The van der Waals surface area contributed by atoms with E-state index in [9.17, 15) is 9.59 Å². The summed E-state index contributed by atoms with van der Waals surface area (Å²) in [6.07, 6.45) is 3.51. The molecule has 0 fully saturated rings. The lowest BCUT2D eigenvalue weighted by atomic mass is 10.0. The smallest absolute Gasteiger partial charge is 0.263 e. The number of aromatic nitrogens is 5. The van der Waals surface area contributed by atoms with Crippen molar-refractivity contribution in [2.45, 2.75) is 25.3 Å². The molecule has 9 nitrogen and oxygen atoms in total. The van der Waals surface area contributed by atoms with Gasteiger partial charge < -0.3 is 9.47 Å². The molecule has 0 unspecified atom stereocenters. The van der Waals surface area contributed by atoms with Gasteiger partial charge in [-0.1, -0.05) is 23.2 Å². The van der Waals surface area contributed by atoms with E-state index in [1.807, 2.05) is 34.9 Å². The third-order valence-corrected chi connectivity index (χ3v) is 8.43. The zero-order chi connectivity index (χ0) is 26.6. The van der Waals surface area contributed by atoms with Crippen LogP contribution in [0.2, 0.25) is 5.02 Å². The number of hydrogen-bond donors (Lipinski definition) is 0. The van der Waals surface area contributed by atoms with Crippen LogP contribution in [0.1, 0.15) is 39.1 Å². The molecule has 12 heteroatoms. The highest BCUT2D eigenvalue weighted by Crippen LogP contribution is 2.40. The summed E-state index contributed by atoms with van der Waals surface area (Å²) in [6.45, 7) is 0. The third-order valence-electron chi connectivity index (χ3n) is 6.75. The molecule has 0 bridgehead atoms. The van der Waals surface area contributed by atoms with Crippen molar-refractivity contribution in [1.29, 1.82) is 0 Å². The van der Waals surface area contributed by atoms with Gasteiger partial charge in [-0.15, -0.1) is 16.4 Å². The third kappa shape index (κ3) is 4.28. The molecule has 38 heavy (non-hydrogen) atoms. The standard InChI is InChI=1S/C26H21Cl2N7O2S/c1-33(2)26(37)23-8-7-22(38-23)18-12-19(30-25(18)28)21-6-4-16-9-14(10-24(36)35(16)21)17-11-15(27)3-5-20(17)34-13-29-31-32-34/h3,5,7-11,13,21H,4,6,12H2,1-2H3/t21-/m0/s1. The Bertz CT molecular complexity index is 1700. The van der Waals surface area contributed by atoms with Crippen LogP contribution >= 0.6 is 34.5 Å². The Morgan fingerprint density at radius 2 is 1.97 bits per heavy atom. The lowest BCUT2D eigenvalue weighted by Crippen LogP contribution is -2.27. The first-order chi connectivity index (χ1) is 18.3. The van der Waals surface area contributed by atoms with E-state index in [0.29, 0.717) is 21.5 Å². The van der Waals surface area contributed by atoms with E-state index >= 15 is 0 Å².